The highest BCUT2D eigenvalue weighted by atomic mass is 32.2. The van der Waals surface area contributed by atoms with Crippen molar-refractivity contribution < 1.29 is 14.0 Å². The van der Waals surface area contributed by atoms with Gasteiger partial charge in [0.1, 0.15) is 5.82 Å². The number of thioether (sulfide) groups is 1. The topological polar surface area (TPSA) is 58.2 Å². The third kappa shape index (κ3) is 2.90. The molecule has 1 unspecified atom stereocenters. The standard InChI is InChI=1S/C15H11FN2O2S/c16-9-5-7-10(8-6-9)17-14(19)13-15(20)18-11-3-1-2-4-12(11)21-13/h1-8,13H,(H,17,19)(H,18,20). The van der Waals surface area contributed by atoms with Crippen LogP contribution in [0, 0.1) is 5.82 Å². The monoisotopic (exact) mass is 302 g/mol. The number of hydrogen-bond donors (Lipinski definition) is 2. The van der Waals surface area contributed by atoms with Crippen LogP contribution in [0.1, 0.15) is 0 Å². The Morgan fingerprint density at radius 2 is 1.86 bits per heavy atom. The SMILES string of the molecule is O=C(Nc1ccc(F)cc1)C1Sc2ccccc2NC1=O. The molecule has 3 rings (SSSR count). The summed E-state index contributed by atoms with van der Waals surface area (Å²) < 4.78 is 12.8. The molecule has 2 amide bonds. The van der Waals surface area contributed by atoms with Gasteiger partial charge in [0.15, 0.2) is 5.25 Å². The van der Waals surface area contributed by atoms with Crippen LogP contribution in [-0.4, -0.2) is 17.1 Å². The Morgan fingerprint density at radius 1 is 1.14 bits per heavy atom. The molecule has 106 valence electrons. The number of fused-ring (bicyclic) bond motifs is 1. The van der Waals surface area contributed by atoms with Crippen LogP contribution in [0.3, 0.4) is 0 Å². The number of hydrogen-bond acceptors (Lipinski definition) is 3. The van der Waals surface area contributed by atoms with Gasteiger partial charge in [-0.2, -0.15) is 0 Å². The molecule has 1 heterocycles. The van der Waals surface area contributed by atoms with Gasteiger partial charge in [-0.15, -0.1) is 11.8 Å². The lowest BCUT2D eigenvalue weighted by molar-refractivity contribution is -0.123. The highest BCUT2D eigenvalue weighted by molar-refractivity contribution is 8.01. The van der Waals surface area contributed by atoms with Gasteiger partial charge in [-0.1, -0.05) is 12.1 Å². The second-order valence-corrected chi connectivity index (χ2v) is 5.63. The van der Waals surface area contributed by atoms with Crippen molar-refractivity contribution in [3.63, 3.8) is 0 Å². The highest BCUT2D eigenvalue weighted by Gasteiger charge is 2.32. The third-order valence-electron chi connectivity index (χ3n) is 2.98. The Hall–Kier alpha value is -2.34. The summed E-state index contributed by atoms with van der Waals surface area (Å²) in [6.45, 7) is 0. The summed E-state index contributed by atoms with van der Waals surface area (Å²) >= 11 is 1.20. The number of amides is 2. The van der Waals surface area contributed by atoms with Crippen molar-refractivity contribution in [2.45, 2.75) is 10.1 Å². The molecule has 0 bridgehead atoms. The molecule has 4 nitrogen and oxygen atoms in total. The van der Waals surface area contributed by atoms with Crippen LogP contribution in [-0.2, 0) is 9.59 Å². The summed E-state index contributed by atoms with van der Waals surface area (Å²) in [4.78, 5) is 25.0. The average molecular weight is 302 g/mol. The van der Waals surface area contributed by atoms with Crippen LogP contribution in [0.2, 0.25) is 0 Å². The first-order chi connectivity index (χ1) is 10.1. The average Bonchev–Trinajstić information content (AvgIpc) is 2.49. The van der Waals surface area contributed by atoms with E-state index in [4.69, 9.17) is 0 Å². The normalized spacial score (nSPS) is 16.8. The molecule has 0 fully saturated rings. The molecule has 0 radical (unpaired) electrons. The van der Waals surface area contributed by atoms with E-state index in [0.29, 0.717) is 11.4 Å². The summed E-state index contributed by atoms with van der Waals surface area (Å²) in [6, 6.07) is 12.7. The summed E-state index contributed by atoms with van der Waals surface area (Å²) in [7, 11) is 0. The number of halogens is 1. The van der Waals surface area contributed by atoms with Gasteiger partial charge in [-0.05, 0) is 36.4 Å². The molecule has 2 aromatic carbocycles. The number of nitrogens with one attached hydrogen (secondary N) is 2. The summed E-state index contributed by atoms with van der Waals surface area (Å²) in [5.41, 5.74) is 1.16. The van der Waals surface area contributed by atoms with Gasteiger partial charge < -0.3 is 10.6 Å². The highest BCUT2D eigenvalue weighted by Crippen LogP contribution is 2.35. The lowest BCUT2D eigenvalue weighted by atomic mass is 10.2. The van der Waals surface area contributed by atoms with Crippen molar-refractivity contribution in [2.24, 2.45) is 0 Å². The fourth-order valence-corrected chi connectivity index (χ4v) is 2.95. The van der Waals surface area contributed by atoms with Gasteiger partial charge >= 0.3 is 0 Å². The Kier molecular flexibility index (Phi) is 3.62. The van der Waals surface area contributed by atoms with Gasteiger partial charge in [0.05, 0.1) is 5.69 Å². The quantitative estimate of drug-likeness (QED) is 0.839. The molecular weight excluding hydrogens is 291 g/mol. The zero-order valence-corrected chi connectivity index (χ0v) is 11.6. The van der Waals surface area contributed by atoms with E-state index in [1.165, 1.54) is 36.0 Å². The molecule has 1 aliphatic heterocycles. The van der Waals surface area contributed by atoms with Crippen LogP contribution in [0.5, 0.6) is 0 Å². The van der Waals surface area contributed by atoms with Gasteiger partial charge in [0, 0.05) is 10.6 Å². The van der Waals surface area contributed by atoms with Crippen LogP contribution in [0.4, 0.5) is 15.8 Å². The van der Waals surface area contributed by atoms with E-state index < -0.39 is 11.2 Å². The maximum absolute atomic E-state index is 12.8. The second kappa shape index (κ2) is 5.57. The minimum Gasteiger partial charge on any atom is -0.325 e. The van der Waals surface area contributed by atoms with Gasteiger partial charge in [-0.25, -0.2) is 4.39 Å². The minimum absolute atomic E-state index is 0.363. The first kappa shape index (κ1) is 13.6. The smallest absolute Gasteiger partial charge is 0.247 e. The Bertz CT molecular complexity index is 703. The summed E-state index contributed by atoms with van der Waals surface area (Å²) in [5, 5.41) is 4.45. The van der Waals surface area contributed by atoms with Crippen LogP contribution in [0.25, 0.3) is 0 Å². The molecule has 6 heteroatoms. The van der Waals surface area contributed by atoms with Crippen molar-refractivity contribution in [2.75, 3.05) is 10.6 Å². The first-order valence-corrected chi connectivity index (χ1v) is 7.14. The van der Waals surface area contributed by atoms with E-state index in [9.17, 15) is 14.0 Å². The van der Waals surface area contributed by atoms with Crippen molar-refractivity contribution in [1.29, 1.82) is 0 Å². The molecule has 1 atom stereocenters. The molecule has 2 aromatic rings. The Balaban J connectivity index is 1.76. The van der Waals surface area contributed by atoms with E-state index >= 15 is 0 Å². The van der Waals surface area contributed by atoms with Gasteiger partial charge in [0.2, 0.25) is 11.8 Å². The van der Waals surface area contributed by atoms with Crippen molar-refractivity contribution in [3.05, 3.63) is 54.3 Å². The molecule has 0 aromatic heterocycles. The molecular formula is C15H11FN2O2S. The number of benzene rings is 2. The maximum Gasteiger partial charge on any atom is 0.247 e. The predicted molar refractivity (Wildman–Crippen MR) is 79.7 cm³/mol. The number of carbonyl (C=O) groups is 2. The second-order valence-electron chi connectivity index (χ2n) is 4.48. The Morgan fingerprint density at radius 3 is 2.62 bits per heavy atom. The summed E-state index contributed by atoms with van der Waals surface area (Å²) in [5.74, 6) is -1.18. The largest absolute Gasteiger partial charge is 0.325 e. The lowest BCUT2D eigenvalue weighted by Gasteiger charge is -2.23. The van der Waals surface area contributed by atoms with E-state index in [1.807, 2.05) is 18.2 Å². The zero-order chi connectivity index (χ0) is 14.8. The van der Waals surface area contributed by atoms with Crippen molar-refractivity contribution in [1.82, 2.24) is 0 Å². The minimum atomic E-state index is -0.870. The van der Waals surface area contributed by atoms with Crippen LogP contribution in [0.15, 0.2) is 53.4 Å². The number of rotatable bonds is 2. The fraction of sp³-hybridized carbons (Fsp3) is 0.0667. The Labute approximate surface area is 124 Å². The van der Waals surface area contributed by atoms with E-state index in [1.54, 1.807) is 6.07 Å². The fourth-order valence-electron chi connectivity index (χ4n) is 1.97. The predicted octanol–water partition coefficient (Wildman–Crippen LogP) is 2.88. The molecule has 0 spiro atoms. The first-order valence-electron chi connectivity index (χ1n) is 6.26. The molecule has 0 aliphatic carbocycles. The lowest BCUT2D eigenvalue weighted by Crippen LogP contribution is -2.38. The zero-order valence-electron chi connectivity index (χ0n) is 10.8. The van der Waals surface area contributed by atoms with Gasteiger partial charge in [-0.3, -0.25) is 9.59 Å². The van der Waals surface area contributed by atoms with Gasteiger partial charge in [0.25, 0.3) is 0 Å². The number of carbonyl (C=O) groups excluding carboxylic acids is 2. The molecule has 1 aliphatic rings. The van der Waals surface area contributed by atoms with Crippen LogP contribution < -0.4 is 10.6 Å². The molecule has 2 N–H and O–H groups in total. The molecule has 0 saturated heterocycles. The van der Waals surface area contributed by atoms with Crippen molar-refractivity contribution in [3.8, 4) is 0 Å². The van der Waals surface area contributed by atoms with E-state index in [2.05, 4.69) is 10.6 Å². The molecule has 21 heavy (non-hydrogen) atoms. The van der Waals surface area contributed by atoms with Crippen LogP contribution >= 0.6 is 11.8 Å². The number of para-hydroxylation sites is 1. The third-order valence-corrected chi connectivity index (χ3v) is 4.25. The molecule has 0 saturated carbocycles. The maximum atomic E-state index is 12.8. The van der Waals surface area contributed by atoms with Crippen molar-refractivity contribution >= 4 is 35.0 Å². The van der Waals surface area contributed by atoms with E-state index in [-0.39, 0.29) is 11.7 Å². The number of anilines is 2. The summed E-state index contributed by atoms with van der Waals surface area (Å²) in [6.07, 6.45) is 0. The van der Waals surface area contributed by atoms with E-state index in [0.717, 1.165) is 4.90 Å².